The zero-order valence-corrected chi connectivity index (χ0v) is 15.5. The Morgan fingerprint density at radius 1 is 1.04 bits per heavy atom. The van der Waals surface area contributed by atoms with E-state index in [9.17, 15) is 4.79 Å². The molecule has 0 bridgehead atoms. The van der Waals surface area contributed by atoms with Crippen LogP contribution in [0.15, 0.2) is 24.3 Å². The lowest BCUT2D eigenvalue weighted by Crippen LogP contribution is -2.34. The first-order chi connectivity index (χ1) is 12.7. The van der Waals surface area contributed by atoms with E-state index in [0.29, 0.717) is 25.4 Å². The van der Waals surface area contributed by atoms with Crippen LogP contribution in [0.1, 0.15) is 43.0 Å². The van der Waals surface area contributed by atoms with Gasteiger partial charge in [0.15, 0.2) is 6.10 Å². The molecule has 0 spiro atoms. The van der Waals surface area contributed by atoms with Gasteiger partial charge in [-0.25, -0.2) is 4.79 Å². The predicted octanol–water partition coefficient (Wildman–Crippen LogP) is 2.98. The largest absolute Gasteiger partial charge is 0.494 e. The number of carbonyl (C=O) groups is 1. The van der Waals surface area contributed by atoms with Crippen LogP contribution in [0, 0.1) is 0 Å². The molecule has 0 radical (unpaired) electrons. The van der Waals surface area contributed by atoms with Crippen LogP contribution in [0.2, 0.25) is 0 Å². The molecule has 0 N–H and O–H groups in total. The van der Waals surface area contributed by atoms with E-state index in [1.54, 1.807) is 31.4 Å². The average Bonchev–Trinajstić information content (AvgIpc) is 3.24. The summed E-state index contributed by atoms with van der Waals surface area (Å²) in [6.45, 7) is 3.68. The van der Waals surface area contributed by atoms with Gasteiger partial charge in [-0.05, 0) is 30.7 Å². The number of benzene rings is 1. The van der Waals surface area contributed by atoms with Crippen LogP contribution in [-0.4, -0.2) is 57.3 Å². The van der Waals surface area contributed by atoms with Crippen molar-refractivity contribution in [2.45, 2.75) is 57.0 Å². The van der Waals surface area contributed by atoms with E-state index in [1.165, 1.54) is 19.3 Å². The lowest BCUT2D eigenvalue weighted by Gasteiger charge is -2.17. The van der Waals surface area contributed by atoms with E-state index in [1.807, 2.05) is 0 Å². The van der Waals surface area contributed by atoms with E-state index in [2.05, 4.69) is 6.92 Å². The monoisotopic (exact) mass is 364 g/mol. The van der Waals surface area contributed by atoms with Crippen molar-refractivity contribution < 1.29 is 28.5 Å². The highest BCUT2D eigenvalue weighted by Crippen LogP contribution is 2.30. The number of unbranched alkanes of at least 4 members (excludes halogenated alkanes) is 3. The van der Waals surface area contributed by atoms with Gasteiger partial charge in [-0.1, -0.05) is 26.2 Å². The lowest BCUT2D eigenvalue weighted by molar-refractivity contribution is -0.0280. The Kier molecular flexibility index (Phi) is 6.88. The Hall–Kier alpha value is -1.63. The summed E-state index contributed by atoms with van der Waals surface area (Å²) in [7, 11) is 1.63. The third kappa shape index (κ3) is 4.55. The van der Waals surface area contributed by atoms with E-state index >= 15 is 0 Å². The molecule has 26 heavy (non-hydrogen) atoms. The minimum absolute atomic E-state index is 0.0996. The van der Waals surface area contributed by atoms with Gasteiger partial charge >= 0.3 is 5.97 Å². The summed E-state index contributed by atoms with van der Waals surface area (Å²) in [6.07, 6.45) is 3.75. The number of hydrogen-bond acceptors (Lipinski definition) is 6. The van der Waals surface area contributed by atoms with Gasteiger partial charge < -0.3 is 23.7 Å². The predicted molar refractivity (Wildman–Crippen MR) is 95.6 cm³/mol. The molecule has 4 atom stereocenters. The maximum atomic E-state index is 12.4. The van der Waals surface area contributed by atoms with Crippen molar-refractivity contribution in [3.05, 3.63) is 29.8 Å². The van der Waals surface area contributed by atoms with Crippen molar-refractivity contribution in [3.63, 3.8) is 0 Å². The highest BCUT2D eigenvalue weighted by Gasteiger charge is 2.49. The Morgan fingerprint density at radius 3 is 2.42 bits per heavy atom. The number of hydrogen-bond donors (Lipinski definition) is 0. The number of methoxy groups -OCH3 is 1. The fraction of sp³-hybridized carbons (Fsp3) is 0.650. The molecule has 144 valence electrons. The second-order valence-corrected chi connectivity index (χ2v) is 6.75. The van der Waals surface area contributed by atoms with Crippen molar-refractivity contribution in [3.8, 4) is 5.75 Å². The zero-order chi connectivity index (χ0) is 18.4. The summed E-state index contributed by atoms with van der Waals surface area (Å²) in [5, 5.41) is 0. The summed E-state index contributed by atoms with van der Waals surface area (Å²) in [5.74, 6) is 0.391. The van der Waals surface area contributed by atoms with Gasteiger partial charge in [-0.2, -0.15) is 0 Å². The average molecular weight is 364 g/mol. The highest BCUT2D eigenvalue weighted by molar-refractivity contribution is 5.89. The lowest BCUT2D eigenvalue weighted by atomic mass is 10.1. The number of carbonyl (C=O) groups excluding carboxylic acids is 1. The van der Waals surface area contributed by atoms with Crippen molar-refractivity contribution in [2.24, 2.45) is 0 Å². The van der Waals surface area contributed by atoms with Crippen LogP contribution in [0.4, 0.5) is 0 Å². The molecule has 0 aromatic heterocycles. The first-order valence-corrected chi connectivity index (χ1v) is 9.42. The first kappa shape index (κ1) is 19.1. The molecule has 2 fully saturated rings. The molecule has 2 heterocycles. The van der Waals surface area contributed by atoms with Crippen LogP contribution >= 0.6 is 0 Å². The topological polar surface area (TPSA) is 63.2 Å². The maximum Gasteiger partial charge on any atom is 0.338 e. The van der Waals surface area contributed by atoms with Gasteiger partial charge in [-0.3, -0.25) is 0 Å². The molecule has 0 amide bonds. The van der Waals surface area contributed by atoms with E-state index in [4.69, 9.17) is 23.7 Å². The van der Waals surface area contributed by atoms with Crippen molar-refractivity contribution in [1.82, 2.24) is 0 Å². The molecular weight excluding hydrogens is 336 g/mol. The molecular formula is C20H28O6. The van der Waals surface area contributed by atoms with E-state index < -0.39 is 6.10 Å². The normalized spacial score (nSPS) is 27.3. The molecule has 2 saturated heterocycles. The molecule has 0 unspecified atom stereocenters. The van der Waals surface area contributed by atoms with Crippen LogP contribution in [0.25, 0.3) is 0 Å². The van der Waals surface area contributed by atoms with Gasteiger partial charge in [0.05, 0.1) is 25.4 Å². The third-order valence-corrected chi connectivity index (χ3v) is 4.88. The maximum absolute atomic E-state index is 12.4. The Labute approximate surface area is 154 Å². The molecule has 0 saturated carbocycles. The van der Waals surface area contributed by atoms with Crippen molar-refractivity contribution in [1.29, 1.82) is 0 Å². The molecule has 2 aliphatic rings. The van der Waals surface area contributed by atoms with E-state index in [-0.39, 0.29) is 24.3 Å². The molecule has 6 nitrogen and oxygen atoms in total. The fourth-order valence-electron chi connectivity index (χ4n) is 3.34. The van der Waals surface area contributed by atoms with Crippen LogP contribution in [0.3, 0.4) is 0 Å². The van der Waals surface area contributed by atoms with E-state index in [0.717, 1.165) is 12.2 Å². The van der Waals surface area contributed by atoms with Gasteiger partial charge in [0.25, 0.3) is 0 Å². The number of ether oxygens (including phenoxy) is 5. The standard InChI is InChI=1S/C20H28O6/c1-3-4-5-6-11-23-15-9-7-14(8-10-15)20(21)26-17-13-25-18-16(22-2)12-24-19(17)18/h7-10,16-19H,3-6,11-13H2,1-2H3/t16-,17+,18+,19+/m0/s1. The first-order valence-electron chi connectivity index (χ1n) is 9.42. The SMILES string of the molecule is CCCCCCOc1ccc(C(=O)O[C@@H]2CO[C@H]3[C@@H]2OC[C@@H]3OC)cc1. The minimum Gasteiger partial charge on any atom is -0.494 e. The number of fused-ring (bicyclic) bond motifs is 1. The van der Waals surface area contributed by atoms with Gasteiger partial charge in [-0.15, -0.1) is 0 Å². The Morgan fingerprint density at radius 2 is 1.73 bits per heavy atom. The summed E-state index contributed by atoms with van der Waals surface area (Å²) >= 11 is 0. The molecule has 2 aliphatic heterocycles. The van der Waals surface area contributed by atoms with Crippen molar-refractivity contribution >= 4 is 5.97 Å². The van der Waals surface area contributed by atoms with Crippen LogP contribution in [-0.2, 0) is 18.9 Å². The van der Waals surface area contributed by atoms with Crippen molar-refractivity contribution in [2.75, 3.05) is 26.9 Å². The molecule has 1 aromatic rings. The third-order valence-electron chi connectivity index (χ3n) is 4.88. The Bertz CT molecular complexity index is 572. The van der Waals surface area contributed by atoms with Crippen LogP contribution in [0.5, 0.6) is 5.75 Å². The molecule has 3 rings (SSSR count). The molecule has 6 heteroatoms. The summed E-state index contributed by atoms with van der Waals surface area (Å²) in [6, 6.07) is 7.06. The number of esters is 1. The minimum atomic E-state index is -0.401. The second-order valence-electron chi connectivity index (χ2n) is 6.75. The highest BCUT2D eigenvalue weighted by atomic mass is 16.6. The van der Waals surface area contributed by atoms with Gasteiger partial charge in [0.1, 0.15) is 24.1 Å². The zero-order valence-electron chi connectivity index (χ0n) is 15.5. The van der Waals surface area contributed by atoms with Gasteiger partial charge in [0.2, 0.25) is 0 Å². The molecule has 1 aromatic carbocycles. The van der Waals surface area contributed by atoms with Crippen LogP contribution < -0.4 is 4.74 Å². The number of rotatable bonds is 9. The summed E-state index contributed by atoms with van der Waals surface area (Å²) in [4.78, 5) is 12.4. The smallest absolute Gasteiger partial charge is 0.338 e. The Balaban J connectivity index is 1.46. The summed E-state index contributed by atoms with van der Waals surface area (Å²) < 4.78 is 28.0. The quantitative estimate of drug-likeness (QED) is 0.496. The summed E-state index contributed by atoms with van der Waals surface area (Å²) in [5.41, 5.74) is 0.494. The molecule has 0 aliphatic carbocycles. The fourth-order valence-corrected chi connectivity index (χ4v) is 3.34. The second kappa shape index (κ2) is 9.35. The van der Waals surface area contributed by atoms with Gasteiger partial charge in [0, 0.05) is 7.11 Å².